The Morgan fingerprint density at radius 3 is 2.57 bits per heavy atom. The first-order chi connectivity index (χ1) is 9.97. The average molecular weight is 286 g/mol. The van der Waals surface area contributed by atoms with Gasteiger partial charge in [-0.25, -0.2) is 0 Å². The van der Waals surface area contributed by atoms with Crippen molar-refractivity contribution < 1.29 is 14.3 Å². The Morgan fingerprint density at radius 1 is 1.14 bits per heavy atom. The Hall–Kier alpha value is -2.03. The minimum Gasteiger partial charge on any atom is -0.494 e. The van der Waals surface area contributed by atoms with Gasteiger partial charge in [-0.3, -0.25) is 4.79 Å². The summed E-state index contributed by atoms with van der Waals surface area (Å²) in [5, 5.41) is 1.92. The molecule has 0 fully saturated rings. The maximum Gasteiger partial charge on any atom is 0.316 e. The van der Waals surface area contributed by atoms with Crippen LogP contribution >= 0.6 is 0 Å². The lowest BCUT2D eigenvalue weighted by Gasteiger charge is -2.20. The first-order valence-corrected chi connectivity index (χ1v) is 7.35. The van der Waals surface area contributed by atoms with E-state index < -0.39 is 5.41 Å². The lowest BCUT2D eigenvalue weighted by atomic mass is 9.91. The second-order valence-corrected chi connectivity index (χ2v) is 5.70. The zero-order valence-corrected chi connectivity index (χ0v) is 13.1. The van der Waals surface area contributed by atoms with Crippen molar-refractivity contribution in [3.63, 3.8) is 0 Å². The lowest BCUT2D eigenvalue weighted by Crippen LogP contribution is -2.28. The molecule has 0 radical (unpaired) electrons. The summed E-state index contributed by atoms with van der Waals surface area (Å²) in [6, 6.07) is 11.5. The molecule has 0 saturated carbocycles. The molecule has 0 amide bonds. The number of ether oxygens (including phenoxy) is 2. The van der Waals surface area contributed by atoms with E-state index in [4.69, 9.17) is 9.47 Å². The van der Waals surface area contributed by atoms with Crippen LogP contribution in [0.25, 0.3) is 10.8 Å². The van der Waals surface area contributed by atoms with Gasteiger partial charge < -0.3 is 9.47 Å². The Morgan fingerprint density at radius 2 is 1.90 bits per heavy atom. The number of carbonyl (C=O) groups excluding carboxylic acids is 1. The number of esters is 1. The number of carbonyl (C=O) groups is 1. The largest absolute Gasteiger partial charge is 0.494 e. The Kier molecular flexibility index (Phi) is 4.51. The summed E-state index contributed by atoms with van der Waals surface area (Å²) >= 11 is 0. The summed E-state index contributed by atoms with van der Waals surface area (Å²) in [6.45, 7) is 8.36. The molecule has 0 N–H and O–H groups in total. The van der Waals surface area contributed by atoms with Crippen LogP contribution in [0.5, 0.6) is 11.5 Å². The zero-order chi connectivity index (χ0) is 15.5. The highest BCUT2D eigenvalue weighted by atomic mass is 16.5. The minimum absolute atomic E-state index is 0.202. The molecule has 2 rings (SSSR count). The van der Waals surface area contributed by atoms with Crippen LogP contribution in [0.15, 0.2) is 36.4 Å². The van der Waals surface area contributed by atoms with Crippen LogP contribution in [0.4, 0.5) is 0 Å². The predicted octanol–water partition coefficient (Wildman–Crippen LogP) is 4.58. The Balaban J connectivity index is 2.35. The smallest absolute Gasteiger partial charge is 0.316 e. The molecule has 2 aromatic carbocycles. The van der Waals surface area contributed by atoms with Crippen LogP contribution < -0.4 is 9.47 Å². The molecule has 0 unspecified atom stereocenters. The SMILES string of the molecule is CCOc1ccc2c(OC(=O)C(C)(C)CC)cccc2c1. The van der Waals surface area contributed by atoms with E-state index in [0.717, 1.165) is 22.9 Å². The van der Waals surface area contributed by atoms with Crippen LogP contribution in [-0.2, 0) is 4.79 Å². The van der Waals surface area contributed by atoms with Crippen molar-refractivity contribution in [1.29, 1.82) is 0 Å². The quantitative estimate of drug-likeness (QED) is 0.596. The van der Waals surface area contributed by atoms with Crippen molar-refractivity contribution in [2.45, 2.75) is 34.1 Å². The normalized spacial score (nSPS) is 11.4. The number of fused-ring (bicyclic) bond motifs is 1. The van der Waals surface area contributed by atoms with Crippen LogP contribution in [0, 0.1) is 5.41 Å². The third-order valence-corrected chi connectivity index (χ3v) is 3.76. The molecule has 0 atom stereocenters. The van der Waals surface area contributed by atoms with Crippen molar-refractivity contribution >= 4 is 16.7 Å². The number of rotatable bonds is 5. The third kappa shape index (κ3) is 3.35. The first kappa shape index (κ1) is 15.4. The molecular formula is C18H22O3. The fourth-order valence-electron chi connectivity index (χ4n) is 1.96. The number of hydrogen-bond donors (Lipinski definition) is 0. The van der Waals surface area contributed by atoms with Gasteiger partial charge in [-0.2, -0.15) is 0 Å². The summed E-state index contributed by atoms with van der Waals surface area (Å²) in [5.74, 6) is 1.22. The van der Waals surface area contributed by atoms with Crippen molar-refractivity contribution in [3.05, 3.63) is 36.4 Å². The molecule has 0 saturated heterocycles. The predicted molar refractivity (Wildman–Crippen MR) is 84.8 cm³/mol. The Bertz CT molecular complexity index is 644. The van der Waals surface area contributed by atoms with Gasteiger partial charge in [0.2, 0.25) is 0 Å². The highest BCUT2D eigenvalue weighted by Gasteiger charge is 2.28. The van der Waals surface area contributed by atoms with Gasteiger partial charge in [0, 0.05) is 5.39 Å². The number of benzene rings is 2. The molecule has 0 aliphatic heterocycles. The van der Waals surface area contributed by atoms with Gasteiger partial charge in [0.05, 0.1) is 12.0 Å². The van der Waals surface area contributed by atoms with Crippen LogP contribution in [0.2, 0.25) is 0 Å². The fraction of sp³-hybridized carbons (Fsp3) is 0.389. The summed E-state index contributed by atoms with van der Waals surface area (Å²) in [4.78, 5) is 12.2. The molecule has 0 bridgehead atoms. The highest BCUT2D eigenvalue weighted by Crippen LogP contribution is 2.31. The van der Waals surface area contributed by atoms with Crippen molar-refractivity contribution in [1.82, 2.24) is 0 Å². The summed E-state index contributed by atoms with van der Waals surface area (Å²) in [7, 11) is 0. The summed E-state index contributed by atoms with van der Waals surface area (Å²) in [6.07, 6.45) is 0.741. The van der Waals surface area contributed by atoms with E-state index in [9.17, 15) is 4.79 Å². The van der Waals surface area contributed by atoms with Gasteiger partial charge in [-0.1, -0.05) is 19.1 Å². The minimum atomic E-state index is -0.479. The monoisotopic (exact) mass is 286 g/mol. The van der Waals surface area contributed by atoms with Crippen molar-refractivity contribution in [2.24, 2.45) is 5.41 Å². The molecule has 3 heteroatoms. The van der Waals surface area contributed by atoms with E-state index in [1.807, 2.05) is 64.1 Å². The van der Waals surface area contributed by atoms with E-state index in [1.54, 1.807) is 0 Å². The fourth-order valence-corrected chi connectivity index (χ4v) is 1.96. The molecule has 0 aliphatic carbocycles. The molecule has 2 aromatic rings. The van der Waals surface area contributed by atoms with Gasteiger partial charge in [-0.15, -0.1) is 0 Å². The average Bonchev–Trinajstić information content (AvgIpc) is 2.47. The standard InChI is InChI=1S/C18H22O3/c1-5-18(3,4)17(19)21-16-9-7-8-13-12-14(20-6-2)10-11-15(13)16/h7-12H,5-6H2,1-4H3. The summed E-state index contributed by atoms with van der Waals surface area (Å²) < 4.78 is 11.1. The summed E-state index contributed by atoms with van der Waals surface area (Å²) in [5.41, 5.74) is -0.479. The van der Waals surface area contributed by atoms with E-state index in [-0.39, 0.29) is 5.97 Å². The van der Waals surface area contributed by atoms with Gasteiger partial charge >= 0.3 is 5.97 Å². The molecule has 0 aliphatic rings. The zero-order valence-electron chi connectivity index (χ0n) is 13.1. The molecular weight excluding hydrogens is 264 g/mol. The van der Waals surface area contributed by atoms with Gasteiger partial charge in [0.15, 0.2) is 0 Å². The topological polar surface area (TPSA) is 35.5 Å². The molecule has 21 heavy (non-hydrogen) atoms. The van der Waals surface area contributed by atoms with Gasteiger partial charge in [0.1, 0.15) is 11.5 Å². The second kappa shape index (κ2) is 6.17. The highest BCUT2D eigenvalue weighted by molar-refractivity contribution is 5.92. The van der Waals surface area contributed by atoms with E-state index in [1.165, 1.54) is 0 Å². The van der Waals surface area contributed by atoms with E-state index in [0.29, 0.717) is 12.4 Å². The molecule has 112 valence electrons. The van der Waals surface area contributed by atoms with Gasteiger partial charge in [-0.05, 0) is 56.8 Å². The van der Waals surface area contributed by atoms with Gasteiger partial charge in [0.25, 0.3) is 0 Å². The maximum atomic E-state index is 12.2. The molecule has 0 spiro atoms. The van der Waals surface area contributed by atoms with Crippen LogP contribution in [-0.4, -0.2) is 12.6 Å². The lowest BCUT2D eigenvalue weighted by molar-refractivity contribution is -0.144. The van der Waals surface area contributed by atoms with Crippen molar-refractivity contribution in [2.75, 3.05) is 6.61 Å². The van der Waals surface area contributed by atoms with Crippen LogP contribution in [0.3, 0.4) is 0 Å². The maximum absolute atomic E-state index is 12.2. The number of hydrogen-bond acceptors (Lipinski definition) is 3. The van der Waals surface area contributed by atoms with E-state index >= 15 is 0 Å². The molecule has 3 nitrogen and oxygen atoms in total. The Labute approximate surface area is 125 Å². The van der Waals surface area contributed by atoms with E-state index in [2.05, 4.69) is 0 Å². The van der Waals surface area contributed by atoms with Crippen molar-refractivity contribution in [3.8, 4) is 11.5 Å². The second-order valence-electron chi connectivity index (χ2n) is 5.70. The third-order valence-electron chi connectivity index (χ3n) is 3.76. The van der Waals surface area contributed by atoms with Crippen LogP contribution in [0.1, 0.15) is 34.1 Å². The molecule has 0 aromatic heterocycles. The first-order valence-electron chi connectivity index (χ1n) is 7.35. The molecule has 0 heterocycles.